The quantitative estimate of drug-likeness (QED) is 0.750. The molecule has 4 saturated carbocycles. The Morgan fingerprint density at radius 1 is 1.00 bits per heavy atom. The van der Waals surface area contributed by atoms with Crippen LogP contribution in [0.2, 0.25) is 0 Å². The van der Waals surface area contributed by atoms with E-state index in [4.69, 9.17) is 0 Å². The maximum Gasteiger partial charge on any atom is 0.0602 e. The fourth-order valence-electron chi connectivity index (χ4n) is 9.39. The van der Waals surface area contributed by atoms with Gasteiger partial charge >= 0.3 is 0 Å². The molecule has 29 heavy (non-hydrogen) atoms. The second-order valence-electron chi connectivity index (χ2n) is 12.0. The number of carbonyl (C=O) groups is 1. The molecule has 4 rings (SSSR count). The standard InChI is InChI=1S/C25H42O4/c1-15(5-8-22(28)29)18-6-7-19-24(18,3)12-10-20-23(2)11-9-17(26)13-16(23)14-21(27)25(19,20)4/h15-21,26-27H,5-14H2,1-4H3,(H,28,29)/p-1/t15-,16+,17-,18-,19-,20-,21-,23+,24-,25+/m1/s1. The molecule has 4 aliphatic carbocycles. The largest absolute Gasteiger partial charge is 0.550 e. The van der Waals surface area contributed by atoms with Crippen LogP contribution in [0.3, 0.4) is 0 Å². The zero-order valence-corrected chi connectivity index (χ0v) is 18.8. The van der Waals surface area contributed by atoms with Crippen molar-refractivity contribution in [1.29, 1.82) is 0 Å². The second kappa shape index (κ2) is 7.22. The number of carboxylic acid groups (broad SMARTS) is 1. The van der Waals surface area contributed by atoms with Crippen LogP contribution in [0.1, 0.15) is 91.9 Å². The highest BCUT2D eigenvalue weighted by atomic mass is 16.4. The molecule has 4 aliphatic rings. The van der Waals surface area contributed by atoms with E-state index in [1.165, 1.54) is 6.42 Å². The summed E-state index contributed by atoms with van der Waals surface area (Å²) in [5, 5.41) is 32.7. The minimum Gasteiger partial charge on any atom is -0.550 e. The first-order chi connectivity index (χ1) is 13.5. The molecule has 4 nitrogen and oxygen atoms in total. The van der Waals surface area contributed by atoms with Crippen molar-refractivity contribution >= 4 is 5.97 Å². The normalized spacial score (nSPS) is 52.9. The molecule has 0 unspecified atom stereocenters. The van der Waals surface area contributed by atoms with Crippen molar-refractivity contribution in [3.8, 4) is 0 Å². The summed E-state index contributed by atoms with van der Waals surface area (Å²) in [6.07, 6.45) is 8.70. The Kier molecular flexibility index (Phi) is 5.38. The molecule has 0 amide bonds. The highest BCUT2D eigenvalue weighted by Gasteiger charge is 2.68. The molecule has 166 valence electrons. The summed E-state index contributed by atoms with van der Waals surface area (Å²) in [6, 6.07) is 0. The molecule has 0 aromatic carbocycles. The smallest absolute Gasteiger partial charge is 0.0602 e. The fraction of sp³-hybridized carbons (Fsp3) is 0.960. The maximum absolute atomic E-state index is 11.5. The average molecular weight is 406 g/mol. The monoisotopic (exact) mass is 405 g/mol. The van der Waals surface area contributed by atoms with Crippen LogP contribution in [-0.4, -0.2) is 28.4 Å². The van der Waals surface area contributed by atoms with E-state index in [1.54, 1.807) is 0 Å². The van der Waals surface area contributed by atoms with Crippen molar-refractivity contribution in [3.63, 3.8) is 0 Å². The Morgan fingerprint density at radius 2 is 1.66 bits per heavy atom. The third kappa shape index (κ3) is 3.11. The first-order valence-corrected chi connectivity index (χ1v) is 12.1. The molecule has 4 heteroatoms. The Labute approximate surface area is 176 Å². The molecule has 10 atom stereocenters. The van der Waals surface area contributed by atoms with E-state index in [0.29, 0.717) is 36.0 Å². The zero-order valence-electron chi connectivity index (χ0n) is 18.8. The minimum atomic E-state index is -0.937. The Morgan fingerprint density at radius 3 is 2.34 bits per heavy atom. The Hall–Kier alpha value is -0.610. The first-order valence-electron chi connectivity index (χ1n) is 12.1. The molecule has 0 aromatic heterocycles. The lowest BCUT2D eigenvalue weighted by molar-refractivity contribution is -0.306. The van der Waals surface area contributed by atoms with Gasteiger partial charge in [-0.15, -0.1) is 0 Å². The third-order valence-electron chi connectivity index (χ3n) is 10.9. The molecule has 0 heterocycles. The van der Waals surface area contributed by atoms with E-state index in [9.17, 15) is 20.1 Å². The molecular formula is C25H41O4-. The van der Waals surface area contributed by atoms with E-state index < -0.39 is 5.97 Å². The van der Waals surface area contributed by atoms with E-state index in [2.05, 4.69) is 27.7 Å². The molecule has 0 bridgehead atoms. The maximum atomic E-state index is 11.5. The van der Waals surface area contributed by atoms with Gasteiger partial charge in [0.1, 0.15) is 0 Å². The van der Waals surface area contributed by atoms with Crippen molar-refractivity contribution in [2.75, 3.05) is 0 Å². The summed E-state index contributed by atoms with van der Waals surface area (Å²) in [5.41, 5.74) is 0.353. The van der Waals surface area contributed by atoms with Crippen LogP contribution in [0.25, 0.3) is 0 Å². The van der Waals surface area contributed by atoms with Crippen LogP contribution in [0.5, 0.6) is 0 Å². The van der Waals surface area contributed by atoms with Gasteiger partial charge in [0.2, 0.25) is 0 Å². The van der Waals surface area contributed by atoms with Gasteiger partial charge in [0.05, 0.1) is 12.2 Å². The van der Waals surface area contributed by atoms with Gasteiger partial charge in [0.25, 0.3) is 0 Å². The summed E-state index contributed by atoms with van der Waals surface area (Å²) in [4.78, 5) is 11.0. The lowest BCUT2D eigenvalue weighted by atomic mass is 9.38. The van der Waals surface area contributed by atoms with Gasteiger partial charge in [-0.3, -0.25) is 0 Å². The summed E-state index contributed by atoms with van der Waals surface area (Å²) in [5.74, 6) is 1.44. The lowest BCUT2D eigenvalue weighted by Gasteiger charge is -2.67. The highest BCUT2D eigenvalue weighted by Crippen LogP contribution is 2.72. The van der Waals surface area contributed by atoms with Crippen LogP contribution in [-0.2, 0) is 4.79 Å². The molecule has 4 fully saturated rings. The van der Waals surface area contributed by atoms with Crippen molar-refractivity contribution in [2.24, 2.45) is 45.8 Å². The Balaban J connectivity index is 1.62. The van der Waals surface area contributed by atoms with Crippen molar-refractivity contribution in [2.45, 2.75) is 104 Å². The third-order valence-corrected chi connectivity index (χ3v) is 10.9. The van der Waals surface area contributed by atoms with E-state index in [1.807, 2.05) is 0 Å². The van der Waals surface area contributed by atoms with Crippen molar-refractivity contribution in [1.82, 2.24) is 0 Å². The first kappa shape index (κ1) is 21.6. The van der Waals surface area contributed by atoms with Crippen LogP contribution in [0.15, 0.2) is 0 Å². The lowest BCUT2D eigenvalue weighted by Crippen LogP contribution is -2.64. The zero-order chi connectivity index (χ0) is 21.2. The van der Waals surface area contributed by atoms with E-state index in [-0.39, 0.29) is 34.9 Å². The number of carboxylic acids is 1. The number of aliphatic hydroxyl groups excluding tert-OH is 2. The number of aliphatic hydroxyl groups is 2. The van der Waals surface area contributed by atoms with Gasteiger partial charge in [-0.05, 0) is 105 Å². The van der Waals surface area contributed by atoms with Crippen molar-refractivity contribution < 1.29 is 20.1 Å². The van der Waals surface area contributed by atoms with Gasteiger partial charge in [0.15, 0.2) is 0 Å². The number of hydrogen-bond acceptors (Lipinski definition) is 4. The summed E-state index contributed by atoms with van der Waals surface area (Å²) in [7, 11) is 0. The number of carbonyl (C=O) groups excluding carboxylic acids is 1. The van der Waals surface area contributed by atoms with Crippen molar-refractivity contribution in [3.05, 3.63) is 0 Å². The fourth-order valence-corrected chi connectivity index (χ4v) is 9.39. The Bertz CT molecular complexity index is 649. The topological polar surface area (TPSA) is 80.6 Å². The second-order valence-corrected chi connectivity index (χ2v) is 12.0. The molecule has 0 aromatic rings. The minimum absolute atomic E-state index is 0.0661. The van der Waals surface area contributed by atoms with Gasteiger partial charge in [0, 0.05) is 11.4 Å². The number of hydrogen-bond donors (Lipinski definition) is 2. The summed E-state index contributed by atoms with van der Waals surface area (Å²) < 4.78 is 0. The van der Waals surface area contributed by atoms with Crippen LogP contribution in [0.4, 0.5) is 0 Å². The average Bonchev–Trinajstić information content (AvgIpc) is 3.00. The summed E-state index contributed by atoms with van der Waals surface area (Å²) in [6.45, 7) is 9.51. The van der Waals surface area contributed by atoms with Crippen LogP contribution in [0, 0.1) is 45.8 Å². The predicted octanol–water partition coefficient (Wildman–Crippen LogP) is 3.53. The van der Waals surface area contributed by atoms with E-state index >= 15 is 0 Å². The highest BCUT2D eigenvalue weighted by molar-refractivity contribution is 5.64. The number of rotatable bonds is 4. The molecule has 2 N–H and O–H groups in total. The van der Waals surface area contributed by atoms with Gasteiger partial charge in [-0.25, -0.2) is 0 Å². The summed E-state index contributed by atoms with van der Waals surface area (Å²) >= 11 is 0. The van der Waals surface area contributed by atoms with Gasteiger partial charge in [-0.2, -0.15) is 0 Å². The van der Waals surface area contributed by atoms with Gasteiger partial charge < -0.3 is 20.1 Å². The predicted molar refractivity (Wildman–Crippen MR) is 111 cm³/mol. The molecule has 0 aliphatic heterocycles. The molecule has 0 radical (unpaired) electrons. The van der Waals surface area contributed by atoms with Crippen LogP contribution < -0.4 is 5.11 Å². The SMILES string of the molecule is C[C@H](CCC(=O)[O-])[C@H]1CC[C@@H]2[C@]1(C)CC[C@@H]1[C@@]3(C)CC[C@@H](O)C[C@H]3C[C@@H](O)[C@]12C. The molecular weight excluding hydrogens is 364 g/mol. The molecule has 0 saturated heterocycles. The van der Waals surface area contributed by atoms with Gasteiger partial charge in [-0.1, -0.05) is 27.7 Å². The van der Waals surface area contributed by atoms with E-state index in [0.717, 1.165) is 44.9 Å². The number of fused-ring (bicyclic) bond motifs is 5. The number of aliphatic carboxylic acids is 1. The van der Waals surface area contributed by atoms with Crippen LogP contribution >= 0.6 is 0 Å². The molecule has 0 spiro atoms.